The summed E-state index contributed by atoms with van der Waals surface area (Å²) in [5.41, 5.74) is 7.17. The van der Waals surface area contributed by atoms with E-state index in [9.17, 15) is 0 Å². The molecule has 0 unspecified atom stereocenters. The Hall–Kier alpha value is -1.11. The Morgan fingerprint density at radius 1 is 1.44 bits per heavy atom. The summed E-state index contributed by atoms with van der Waals surface area (Å²) in [7, 11) is 0. The van der Waals surface area contributed by atoms with Crippen molar-refractivity contribution in [1.82, 2.24) is 10.2 Å². The van der Waals surface area contributed by atoms with E-state index in [2.05, 4.69) is 31.4 Å². The number of nitrogens with zero attached hydrogens (tertiary/aromatic N) is 2. The molecule has 0 saturated heterocycles. The van der Waals surface area contributed by atoms with E-state index < -0.39 is 0 Å². The van der Waals surface area contributed by atoms with Crippen LogP contribution in [0.4, 0.5) is 11.7 Å². The standard InChI is InChI=1S/C11H12BrClN4O/c1-6-4-7(12)9(5-8(6)13)15-11-17-16-10(18-11)2-3-14/h4-5H,2-3,14H2,1H3,(H,15,17). The lowest BCUT2D eigenvalue weighted by molar-refractivity contribution is 0.510. The van der Waals surface area contributed by atoms with Crippen molar-refractivity contribution in [3.05, 3.63) is 33.1 Å². The van der Waals surface area contributed by atoms with Crippen LogP contribution in [0.3, 0.4) is 0 Å². The minimum atomic E-state index is 0.319. The molecule has 0 radical (unpaired) electrons. The van der Waals surface area contributed by atoms with Crippen LogP contribution in [0.5, 0.6) is 0 Å². The summed E-state index contributed by atoms with van der Waals surface area (Å²) in [6, 6.07) is 4.04. The third-order valence-corrected chi connectivity index (χ3v) is 3.38. The van der Waals surface area contributed by atoms with E-state index in [-0.39, 0.29) is 0 Å². The lowest BCUT2D eigenvalue weighted by Gasteiger charge is -2.07. The number of aryl methyl sites for hydroxylation is 1. The zero-order valence-corrected chi connectivity index (χ0v) is 12.0. The van der Waals surface area contributed by atoms with Crippen LogP contribution in [-0.2, 0) is 6.42 Å². The van der Waals surface area contributed by atoms with Gasteiger partial charge in [0.2, 0.25) is 5.89 Å². The van der Waals surface area contributed by atoms with E-state index in [1.165, 1.54) is 0 Å². The fraction of sp³-hybridized carbons (Fsp3) is 0.273. The van der Waals surface area contributed by atoms with Crippen LogP contribution in [0.25, 0.3) is 0 Å². The highest BCUT2D eigenvalue weighted by atomic mass is 79.9. The summed E-state index contributed by atoms with van der Waals surface area (Å²) in [6.07, 6.45) is 0.560. The summed E-state index contributed by atoms with van der Waals surface area (Å²) in [5.74, 6) is 0.509. The number of rotatable bonds is 4. The number of anilines is 2. The van der Waals surface area contributed by atoms with E-state index in [1.807, 2.05) is 13.0 Å². The molecule has 0 amide bonds. The molecule has 0 atom stereocenters. The zero-order valence-electron chi connectivity index (χ0n) is 9.70. The van der Waals surface area contributed by atoms with Crippen molar-refractivity contribution in [2.45, 2.75) is 13.3 Å². The molecule has 3 N–H and O–H groups in total. The van der Waals surface area contributed by atoms with Gasteiger partial charge in [-0.25, -0.2) is 0 Å². The van der Waals surface area contributed by atoms with Gasteiger partial charge in [-0.1, -0.05) is 16.7 Å². The van der Waals surface area contributed by atoms with Gasteiger partial charge in [0, 0.05) is 22.5 Å². The van der Waals surface area contributed by atoms with Crippen LogP contribution in [0.2, 0.25) is 5.02 Å². The van der Waals surface area contributed by atoms with Gasteiger partial charge >= 0.3 is 6.01 Å². The molecule has 0 aliphatic carbocycles. The van der Waals surface area contributed by atoms with Crippen LogP contribution in [0.1, 0.15) is 11.5 Å². The number of hydrogen-bond acceptors (Lipinski definition) is 5. The second kappa shape index (κ2) is 5.69. The summed E-state index contributed by atoms with van der Waals surface area (Å²) in [6.45, 7) is 2.41. The third-order valence-electron chi connectivity index (χ3n) is 2.31. The topological polar surface area (TPSA) is 77.0 Å². The summed E-state index contributed by atoms with van der Waals surface area (Å²) >= 11 is 9.51. The Labute approximate surface area is 118 Å². The largest absolute Gasteiger partial charge is 0.408 e. The molecule has 18 heavy (non-hydrogen) atoms. The number of benzene rings is 1. The smallest absolute Gasteiger partial charge is 0.320 e. The number of hydrogen-bond donors (Lipinski definition) is 2. The maximum atomic E-state index is 6.06. The van der Waals surface area contributed by atoms with Crippen molar-refractivity contribution >= 4 is 39.2 Å². The fourth-order valence-electron chi connectivity index (χ4n) is 1.39. The molecule has 7 heteroatoms. The zero-order chi connectivity index (χ0) is 13.1. The molecule has 1 heterocycles. The molecule has 0 aliphatic heterocycles. The quantitative estimate of drug-likeness (QED) is 0.900. The number of aromatic nitrogens is 2. The highest BCUT2D eigenvalue weighted by Crippen LogP contribution is 2.30. The van der Waals surface area contributed by atoms with Crippen LogP contribution in [-0.4, -0.2) is 16.7 Å². The molecule has 5 nitrogen and oxygen atoms in total. The van der Waals surface area contributed by atoms with E-state index in [0.717, 1.165) is 15.7 Å². The van der Waals surface area contributed by atoms with Crippen molar-refractivity contribution in [3.63, 3.8) is 0 Å². The van der Waals surface area contributed by atoms with Gasteiger partial charge in [-0.05, 0) is 40.5 Å². The Kier molecular flexibility index (Phi) is 4.21. The monoisotopic (exact) mass is 330 g/mol. The van der Waals surface area contributed by atoms with Crippen LogP contribution < -0.4 is 11.1 Å². The first-order valence-electron chi connectivity index (χ1n) is 5.35. The SMILES string of the molecule is Cc1cc(Br)c(Nc2nnc(CCN)o2)cc1Cl. The first-order valence-corrected chi connectivity index (χ1v) is 6.52. The third kappa shape index (κ3) is 3.01. The number of nitrogens with one attached hydrogen (secondary N) is 1. The molecule has 0 aliphatic rings. The van der Waals surface area contributed by atoms with Gasteiger partial charge in [0.25, 0.3) is 0 Å². The van der Waals surface area contributed by atoms with E-state index in [1.54, 1.807) is 6.07 Å². The average molecular weight is 332 g/mol. The maximum absolute atomic E-state index is 6.06. The number of nitrogens with two attached hydrogens (primary N) is 1. The molecule has 0 spiro atoms. The number of halogens is 2. The predicted molar refractivity (Wildman–Crippen MR) is 74.2 cm³/mol. The van der Waals surface area contributed by atoms with Crippen molar-refractivity contribution in [1.29, 1.82) is 0 Å². The lowest BCUT2D eigenvalue weighted by atomic mass is 10.2. The first-order chi connectivity index (χ1) is 8.60. The van der Waals surface area contributed by atoms with Crippen molar-refractivity contribution < 1.29 is 4.42 Å². The molecular weight excluding hydrogens is 320 g/mol. The Morgan fingerprint density at radius 2 is 2.22 bits per heavy atom. The second-order valence-electron chi connectivity index (χ2n) is 3.75. The molecule has 2 aromatic rings. The molecule has 1 aromatic carbocycles. The summed E-state index contributed by atoms with van der Waals surface area (Å²) < 4.78 is 6.25. The Balaban J connectivity index is 2.20. The van der Waals surface area contributed by atoms with Crippen molar-refractivity contribution in [3.8, 4) is 0 Å². The van der Waals surface area contributed by atoms with E-state index in [4.69, 9.17) is 21.8 Å². The average Bonchev–Trinajstić information content (AvgIpc) is 2.74. The van der Waals surface area contributed by atoms with Gasteiger partial charge in [0.05, 0.1) is 5.69 Å². The highest BCUT2D eigenvalue weighted by Gasteiger charge is 2.09. The molecular formula is C11H12BrClN4O. The van der Waals surface area contributed by atoms with Gasteiger partial charge in [0.1, 0.15) is 0 Å². The Bertz CT molecular complexity index is 558. The van der Waals surface area contributed by atoms with Crippen LogP contribution in [0.15, 0.2) is 21.0 Å². The van der Waals surface area contributed by atoms with Crippen LogP contribution in [0, 0.1) is 6.92 Å². The normalized spacial score (nSPS) is 10.7. The van der Waals surface area contributed by atoms with Crippen molar-refractivity contribution in [2.24, 2.45) is 5.73 Å². The molecule has 96 valence electrons. The van der Waals surface area contributed by atoms with E-state index in [0.29, 0.717) is 29.9 Å². The predicted octanol–water partition coefficient (Wildman–Crippen LogP) is 3.04. The molecule has 1 aromatic heterocycles. The molecule has 0 saturated carbocycles. The molecule has 0 bridgehead atoms. The molecule has 2 rings (SSSR count). The summed E-state index contributed by atoms with van der Waals surface area (Å²) in [5, 5.41) is 11.4. The van der Waals surface area contributed by atoms with Crippen molar-refractivity contribution in [2.75, 3.05) is 11.9 Å². The summed E-state index contributed by atoms with van der Waals surface area (Å²) in [4.78, 5) is 0. The first kappa shape index (κ1) is 13.3. The van der Waals surface area contributed by atoms with Crippen LogP contribution >= 0.6 is 27.5 Å². The second-order valence-corrected chi connectivity index (χ2v) is 5.01. The minimum Gasteiger partial charge on any atom is -0.408 e. The fourth-order valence-corrected chi connectivity index (χ4v) is 2.11. The van der Waals surface area contributed by atoms with Gasteiger partial charge in [-0.3, -0.25) is 0 Å². The van der Waals surface area contributed by atoms with Gasteiger partial charge in [0.15, 0.2) is 0 Å². The van der Waals surface area contributed by atoms with Gasteiger partial charge in [-0.15, -0.1) is 5.10 Å². The van der Waals surface area contributed by atoms with E-state index >= 15 is 0 Å². The Morgan fingerprint density at radius 3 is 2.94 bits per heavy atom. The molecule has 0 fully saturated rings. The van der Waals surface area contributed by atoms with Gasteiger partial charge in [-0.2, -0.15) is 0 Å². The van der Waals surface area contributed by atoms with Gasteiger partial charge < -0.3 is 15.5 Å². The lowest BCUT2D eigenvalue weighted by Crippen LogP contribution is -2.02. The maximum Gasteiger partial charge on any atom is 0.320 e. The highest BCUT2D eigenvalue weighted by molar-refractivity contribution is 9.10. The minimum absolute atomic E-state index is 0.319.